The molecular weight excluding hydrogens is 653 g/mol. The molecule has 0 N–H and O–H groups in total. The molecule has 0 amide bonds. The van der Waals surface area contributed by atoms with E-state index in [0.717, 1.165) is 16.8 Å². The summed E-state index contributed by atoms with van der Waals surface area (Å²) in [6.07, 6.45) is -3.68. The second-order valence-electron chi connectivity index (χ2n) is 12.0. The van der Waals surface area contributed by atoms with Gasteiger partial charge in [-0.3, -0.25) is 9.78 Å². The van der Waals surface area contributed by atoms with E-state index in [1.165, 1.54) is 24.8 Å². The van der Waals surface area contributed by atoms with Crippen LogP contribution in [0, 0.1) is 27.7 Å². The summed E-state index contributed by atoms with van der Waals surface area (Å²) in [6, 6.07) is 2.44. The number of pyridine rings is 1. The van der Waals surface area contributed by atoms with Gasteiger partial charge in [-0.1, -0.05) is 28.1 Å². The van der Waals surface area contributed by atoms with Crippen molar-refractivity contribution in [2.45, 2.75) is 66.5 Å². The van der Waals surface area contributed by atoms with E-state index in [2.05, 4.69) is 10.1 Å². The number of fused-ring (bicyclic) bond motifs is 3. The smallest absolute Gasteiger partial charge is 0.378 e. The summed E-state index contributed by atoms with van der Waals surface area (Å²) in [5, 5.41) is 9.21. The van der Waals surface area contributed by atoms with E-state index in [1.54, 1.807) is 25.3 Å². The maximum atomic E-state index is 14.4. The molecule has 6 rings (SSSR count). The molecule has 1 aliphatic rings. The average Bonchev–Trinajstić information content (AvgIpc) is 3.03. The molecule has 48 heavy (non-hydrogen) atoms. The Labute approximate surface area is 277 Å². The van der Waals surface area contributed by atoms with Gasteiger partial charge in [0.05, 0.1) is 18.2 Å². The van der Waals surface area contributed by atoms with E-state index in [-0.39, 0.29) is 47.9 Å². The Hall–Kier alpha value is -4.47. The van der Waals surface area contributed by atoms with Crippen molar-refractivity contribution in [3.63, 3.8) is 0 Å². The third kappa shape index (κ3) is 5.39. The van der Waals surface area contributed by atoms with Gasteiger partial charge in [0.1, 0.15) is 18.0 Å². The number of aryl methyl sites for hydroxylation is 2. The summed E-state index contributed by atoms with van der Waals surface area (Å²) < 4.78 is 55.5. The van der Waals surface area contributed by atoms with Crippen LogP contribution in [0.3, 0.4) is 0 Å². The first-order valence-electron chi connectivity index (χ1n) is 15.0. The first kappa shape index (κ1) is 33.4. The van der Waals surface area contributed by atoms with Gasteiger partial charge in [0.15, 0.2) is 16.6 Å². The zero-order chi connectivity index (χ0) is 34.8. The Bertz CT molecular complexity index is 2250. The van der Waals surface area contributed by atoms with Crippen LogP contribution in [-0.4, -0.2) is 50.0 Å². The largest absolute Gasteiger partial charge is 0.417 e. The van der Waals surface area contributed by atoms with Crippen LogP contribution in [0.15, 0.2) is 27.9 Å². The molecule has 0 bridgehead atoms. The minimum absolute atomic E-state index is 0.0450. The quantitative estimate of drug-likeness (QED) is 0.244. The Balaban J connectivity index is 1.64. The SMILES string of the molecule is COCc1nc2c(C)c(C)c(Cl)nn2c(=O)c1-n1c(COC)cc(=O)[n+]2nc(N3Cc4cc(C(F)(F)F)cnc4[C@H](C)C3)c(C)c(C)c12. The predicted octanol–water partition coefficient (Wildman–Crippen LogP) is 4.09. The van der Waals surface area contributed by atoms with Crippen molar-refractivity contribution in [3.05, 3.63) is 94.7 Å². The molecule has 5 aromatic rings. The molecule has 0 fully saturated rings. The number of halogens is 4. The normalized spacial score (nSPS) is 15.1. The highest BCUT2D eigenvalue weighted by molar-refractivity contribution is 6.30. The van der Waals surface area contributed by atoms with Crippen molar-refractivity contribution in [1.29, 1.82) is 0 Å². The summed E-state index contributed by atoms with van der Waals surface area (Å²) in [6.45, 7) is 9.48. The molecule has 0 radical (unpaired) electrons. The van der Waals surface area contributed by atoms with Crippen LogP contribution in [0.25, 0.3) is 17.0 Å². The number of methoxy groups -OCH3 is 2. The highest BCUT2D eigenvalue weighted by atomic mass is 35.5. The van der Waals surface area contributed by atoms with Crippen molar-refractivity contribution >= 4 is 28.7 Å². The summed E-state index contributed by atoms with van der Waals surface area (Å²) in [5.74, 6) is 0.193. The molecule has 0 aromatic carbocycles. The fourth-order valence-corrected chi connectivity index (χ4v) is 6.48. The van der Waals surface area contributed by atoms with Gasteiger partial charge in [0, 0.05) is 56.2 Å². The molecule has 6 heterocycles. The number of hydrogen-bond acceptors (Lipinski definition) is 9. The third-order valence-electron chi connectivity index (χ3n) is 8.88. The lowest BCUT2D eigenvalue weighted by Crippen LogP contribution is -2.49. The molecule has 12 nitrogen and oxygen atoms in total. The lowest BCUT2D eigenvalue weighted by atomic mass is 9.95. The Morgan fingerprint density at radius 1 is 1.02 bits per heavy atom. The molecule has 1 atom stereocenters. The summed E-state index contributed by atoms with van der Waals surface area (Å²) >= 11 is 6.40. The van der Waals surface area contributed by atoms with Crippen LogP contribution in [0.1, 0.15) is 63.3 Å². The molecule has 1 aliphatic heterocycles. The van der Waals surface area contributed by atoms with Crippen LogP contribution in [0.2, 0.25) is 5.15 Å². The first-order valence-corrected chi connectivity index (χ1v) is 15.4. The minimum atomic E-state index is -4.54. The molecule has 0 saturated carbocycles. The molecule has 252 valence electrons. The molecule has 5 aromatic heterocycles. The van der Waals surface area contributed by atoms with Gasteiger partial charge in [-0.05, 0) is 50.5 Å². The van der Waals surface area contributed by atoms with E-state index in [9.17, 15) is 22.8 Å². The lowest BCUT2D eigenvalue weighted by Gasteiger charge is -2.34. The van der Waals surface area contributed by atoms with Gasteiger partial charge in [0.2, 0.25) is 5.69 Å². The molecule has 0 spiro atoms. The zero-order valence-electron chi connectivity index (χ0n) is 27.4. The van der Waals surface area contributed by atoms with Crippen molar-refractivity contribution in [2.24, 2.45) is 0 Å². The second-order valence-corrected chi connectivity index (χ2v) is 12.4. The van der Waals surface area contributed by atoms with E-state index in [1.807, 2.05) is 18.7 Å². The Morgan fingerprint density at radius 3 is 2.40 bits per heavy atom. The van der Waals surface area contributed by atoms with Gasteiger partial charge in [-0.15, -0.1) is 0 Å². The molecule has 0 aliphatic carbocycles. The monoisotopic (exact) mass is 685 g/mol. The van der Waals surface area contributed by atoms with Crippen LogP contribution >= 0.6 is 11.6 Å². The lowest BCUT2D eigenvalue weighted by molar-refractivity contribution is -0.598. The van der Waals surface area contributed by atoms with Crippen molar-refractivity contribution in [2.75, 3.05) is 25.7 Å². The molecule has 0 unspecified atom stereocenters. The van der Waals surface area contributed by atoms with Crippen LogP contribution in [0.5, 0.6) is 0 Å². The zero-order valence-corrected chi connectivity index (χ0v) is 28.1. The highest BCUT2D eigenvalue weighted by Crippen LogP contribution is 2.36. The number of aromatic nitrogens is 7. The van der Waals surface area contributed by atoms with Gasteiger partial charge in [-0.25, -0.2) is 9.78 Å². The summed E-state index contributed by atoms with van der Waals surface area (Å²) in [5.41, 5.74) is 2.98. The maximum absolute atomic E-state index is 14.4. The number of nitrogens with zero attached hydrogens (tertiary/aromatic N) is 8. The molecule has 16 heteroatoms. The van der Waals surface area contributed by atoms with E-state index < -0.39 is 22.9 Å². The Morgan fingerprint density at radius 2 is 1.73 bits per heavy atom. The number of hydrogen-bond donors (Lipinski definition) is 0. The number of rotatable bonds is 6. The predicted molar refractivity (Wildman–Crippen MR) is 170 cm³/mol. The van der Waals surface area contributed by atoms with E-state index in [4.69, 9.17) is 31.2 Å². The Kier molecular flexibility index (Phi) is 8.50. The number of alkyl halides is 3. The molecular formula is C32H33ClF3N8O4+. The number of ether oxygens (including phenoxy) is 2. The fraction of sp³-hybridized carbons (Fsp3) is 0.406. The van der Waals surface area contributed by atoms with Crippen LogP contribution in [-0.2, 0) is 35.4 Å². The number of anilines is 1. The summed E-state index contributed by atoms with van der Waals surface area (Å²) in [7, 11) is 2.95. The van der Waals surface area contributed by atoms with Crippen molar-refractivity contribution in [3.8, 4) is 5.69 Å². The van der Waals surface area contributed by atoms with Gasteiger partial charge < -0.3 is 14.4 Å². The standard InChI is InChI=1S/C32H33ClF3N8O4/c1-15-11-41(12-20-8-21(32(34,35)36)10-37-25(15)20)29-18(4)19(5)30-42(22(13-47-6)9-24(45)43(30)40-29)26-23(14-48-7)38-28-17(3)16(2)27(33)39-44(28)31(26)46/h8-10,15H,11-14H2,1-7H3/q+1/t15-/m1/s1. The summed E-state index contributed by atoms with van der Waals surface area (Å²) in [4.78, 5) is 38.9. The van der Waals surface area contributed by atoms with Gasteiger partial charge in [0.25, 0.3) is 0 Å². The molecule has 0 saturated heterocycles. The van der Waals surface area contributed by atoms with Gasteiger partial charge in [-0.2, -0.15) is 27.4 Å². The van der Waals surface area contributed by atoms with Crippen molar-refractivity contribution < 1.29 is 27.2 Å². The van der Waals surface area contributed by atoms with E-state index >= 15 is 0 Å². The fourth-order valence-electron chi connectivity index (χ4n) is 6.26. The first-order chi connectivity index (χ1) is 22.7. The second kappa shape index (κ2) is 12.2. The third-order valence-corrected chi connectivity index (χ3v) is 9.24. The van der Waals surface area contributed by atoms with Gasteiger partial charge >= 0.3 is 22.9 Å². The minimum Gasteiger partial charge on any atom is -0.378 e. The average molecular weight is 686 g/mol. The van der Waals surface area contributed by atoms with E-state index in [0.29, 0.717) is 57.2 Å². The highest BCUT2D eigenvalue weighted by Gasteiger charge is 2.36. The topological polar surface area (TPSA) is 121 Å². The maximum Gasteiger partial charge on any atom is 0.417 e. The van der Waals surface area contributed by atoms with Crippen molar-refractivity contribution in [1.82, 2.24) is 29.2 Å². The van der Waals surface area contributed by atoms with Crippen LogP contribution < -0.4 is 20.5 Å². The van der Waals surface area contributed by atoms with Crippen LogP contribution in [0.4, 0.5) is 19.0 Å².